The highest BCUT2D eigenvalue weighted by Gasteiger charge is 2.12. The van der Waals surface area contributed by atoms with Gasteiger partial charge in [0.2, 0.25) is 0 Å². The minimum absolute atomic E-state index is 0.0602. The van der Waals surface area contributed by atoms with Gasteiger partial charge in [0.15, 0.2) is 0 Å². The SMILES string of the molecule is O=C(NCc1nnc(-c2ccccc2)s1)NCC(O)c1ccco1. The number of aliphatic hydroxyl groups excluding tert-OH is 1. The Kier molecular flexibility index (Phi) is 5.19. The van der Waals surface area contributed by atoms with Crippen molar-refractivity contribution in [1.29, 1.82) is 0 Å². The van der Waals surface area contributed by atoms with E-state index in [4.69, 9.17) is 4.42 Å². The molecule has 1 unspecified atom stereocenters. The van der Waals surface area contributed by atoms with E-state index in [-0.39, 0.29) is 13.1 Å². The number of nitrogens with one attached hydrogen (secondary N) is 2. The Morgan fingerprint density at radius 1 is 1.17 bits per heavy atom. The van der Waals surface area contributed by atoms with Gasteiger partial charge in [-0.05, 0) is 12.1 Å². The first-order valence-electron chi connectivity index (χ1n) is 7.33. The highest BCUT2D eigenvalue weighted by molar-refractivity contribution is 7.14. The van der Waals surface area contributed by atoms with Gasteiger partial charge in [-0.25, -0.2) is 4.79 Å². The van der Waals surface area contributed by atoms with Gasteiger partial charge in [0, 0.05) is 5.56 Å². The number of furan rings is 1. The fraction of sp³-hybridized carbons (Fsp3) is 0.188. The van der Waals surface area contributed by atoms with Crippen molar-refractivity contribution in [2.24, 2.45) is 0 Å². The molecule has 24 heavy (non-hydrogen) atoms. The second-order valence-electron chi connectivity index (χ2n) is 4.96. The Morgan fingerprint density at radius 3 is 2.75 bits per heavy atom. The summed E-state index contributed by atoms with van der Waals surface area (Å²) in [4.78, 5) is 11.8. The topological polar surface area (TPSA) is 100 Å². The smallest absolute Gasteiger partial charge is 0.315 e. The fourth-order valence-corrected chi connectivity index (χ4v) is 2.80. The summed E-state index contributed by atoms with van der Waals surface area (Å²) < 4.78 is 5.06. The average Bonchev–Trinajstić information content (AvgIpc) is 3.30. The lowest BCUT2D eigenvalue weighted by molar-refractivity contribution is 0.148. The molecule has 124 valence electrons. The van der Waals surface area contributed by atoms with Crippen molar-refractivity contribution in [1.82, 2.24) is 20.8 Å². The van der Waals surface area contributed by atoms with Gasteiger partial charge >= 0.3 is 6.03 Å². The predicted octanol–water partition coefficient (Wildman–Crippen LogP) is 2.33. The molecule has 1 aromatic carbocycles. The van der Waals surface area contributed by atoms with E-state index < -0.39 is 12.1 Å². The second kappa shape index (κ2) is 7.71. The Hall–Kier alpha value is -2.71. The molecule has 7 nitrogen and oxygen atoms in total. The molecule has 0 spiro atoms. The minimum atomic E-state index is -0.878. The van der Waals surface area contributed by atoms with Crippen LogP contribution in [0.25, 0.3) is 10.6 Å². The zero-order valence-corrected chi connectivity index (χ0v) is 13.5. The van der Waals surface area contributed by atoms with E-state index in [0.29, 0.717) is 10.8 Å². The van der Waals surface area contributed by atoms with E-state index in [2.05, 4.69) is 20.8 Å². The van der Waals surface area contributed by atoms with Crippen molar-refractivity contribution >= 4 is 17.4 Å². The van der Waals surface area contributed by atoms with Crippen molar-refractivity contribution in [2.75, 3.05) is 6.54 Å². The van der Waals surface area contributed by atoms with Gasteiger partial charge in [0.05, 0.1) is 19.4 Å². The Morgan fingerprint density at radius 2 is 2.00 bits per heavy atom. The van der Waals surface area contributed by atoms with Crippen LogP contribution in [0.5, 0.6) is 0 Å². The number of aromatic nitrogens is 2. The molecule has 0 aliphatic heterocycles. The molecule has 0 saturated heterocycles. The lowest BCUT2D eigenvalue weighted by Crippen LogP contribution is -2.37. The largest absolute Gasteiger partial charge is 0.467 e. The van der Waals surface area contributed by atoms with E-state index in [0.717, 1.165) is 10.6 Å². The lowest BCUT2D eigenvalue weighted by atomic mass is 10.2. The van der Waals surface area contributed by atoms with Crippen molar-refractivity contribution in [3.05, 3.63) is 59.5 Å². The number of urea groups is 1. The van der Waals surface area contributed by atoms with Crippen LogP contribution in [0.15, 0.2) is 53.1 Å². The molecule has 3 aromatic rings. The summed E-state index contributed by atoms with van der Waals surface area (Å²) in [6, 6.07) is 12.7. The zero-order chi connectivity index (χ0) is 16.8. The van der Waals surface area contributed by atoms with Crippen molar-refractivity contribution in [3.8, 4) is 10.6 Å². The summed E-state index contributed by atoms with van der Waals surface area (Å²) in [5.74, 6) is 0.409. The molecular formula is C16H16N4O3S. The van der Waals surface area contributed by atoms with Crippen molar-refractivity contribution in [2.45, 2.75) is 12.6 Å². The van der Waals surface area contributed by atoms with Crippen LogP contribution in [-0.2, 0) is 6.54 Å². The quantitative estimate of drug-likeness (QED) is 0.637. The number of amides is 2. The highest BCUT2D eigenvalue weighted by Crippen LogP contribution is 2.22. The van der Waals surface area contributed by atoms with Crippen LogP contribution in [0.4, 0.5) is 4.79 Å². The van der Waals surface area contributed by atoms with Crippen LogP contribution in [-0.4, -0.2) is 27.9 Å². The van der Waals surface area contributed by atoms with Gasteiger partial charge in [-0.1, -0.05) is 41.7 Å². The van der Waals surface area contributed by atoms with Gasteiger partial charge in [0.1, 0.15) is 21.9 Å². The third kappa shape index (κ3) is 4.18. The standard InChI is InChI=1S/C16H16N4O3S/c21-12(13-7-4-8-23-13)9-17-16(22)18-10-14-19-20-15(24-14)11-5-2-1-3-6-11/h1-8,12,21H,9-10H2,(H2,17,18,22). The van der Waals surface area contributed by atoms with E-state index in [1.165, 1.54) is 17.6 Å². The zero-order valence-electron chi connectivity index (χ0n) is 12.7. The monoisotopic (exact) mass is 344 g/mol. The van der Waals surface area contributed by atoms with Crippen LogP contribution in [0.3, 0.4) is 0 Å². The molecule has 1 atom stereocenters. The Balaban J connectivity index is 1.46. The number of aliphatic hydroxyl groups is 1. The number of benzene rings is 1. The number of hydrogen-bond acceptors (Lipinski definition) is 6. The number of hydrogen-bond donors (Lipinski definition) is 3. The molecular weight excluding hydrogens is 328 g/mol. The van der Waals surface area contributed by atoms with E-state index in [9.17, 15) is 9.90 Å². The number of rotatable bonds is 6. The second-order valence-corrected chi connectivity index (χ2v) is 6.02. The van der Waals surface area contributed by atoms with Gasteiger partial charge in [-0.2, -0.15) is 0 Å². The van der Waals surface area contributed by atoms with Gasteiger partial charge in [0.25, 0.3) is 0 Å². The van der Waals surface area contributed by atoms with Crippen LogP contribution in [0, 0.1) is 0 Å². The van der Waals surface area contributed by atoms with Crippen LogP contribution in [0.1, 0.15) is 16.9 Å². The molecule has 2 amide bonds. The first-order chi connectivity index (χ1) is 11.7. The van der Waals surface area contributed by atoms with E-state index in [1.807, 2.05) is 30.3 Å². The fourth-order valence-electron chi connectivity index (χ4n) is 2.01. The van der Waals surface area contributed by atoms with E-state index >= 15 is 0 Å². The molecule has 3 N–H and O–H groups in total. The predicted molar refractivity (Wildman–Crippen MR) is 89.3 cm³/mol. The van der Waals surface area contributed by atoms with Crippen LogP contribution in [0.2, 0.25) is 0 Å². The molecule has 2 heterocycles. The molecule has 0 bridgehead atoms. The molecule has 0 radical (unpaired) electrons. The Bertz CT molecular complexity index is 774. The summed E-state index contributed by atoms with van der Waals surface area (Å²) in [6.45, 7) is 0.331. The first-order valence-corrected chi connectivity index (χ1v) is 8.15. The summed E-state index contributed by atoms with van der Waals surface area (Å²) in [7, 11) is 0. The maximum Gasteiger partial charge on any atom is 0.315 e. The molecule has 0 saturated carbocycles. The van der Waals surface area contributed by atoms with Crippen LogP contribution < -0.4 is 10.6 Å². The normalized spacial score (nSPS) is 11.9. The highest BCUT2D eigenvalue weighted by atomic mass is 32.1. The molecule has 8 heteroatoms. The number of nitrogens with zero attached hydrogens (tertiary/aromatic N) is 2. The van der Waals surface area contributed by atoms with Gasteiger partial charge in [-0.3, -0.25) is 0 Å². The lowest BCUT2D eigenvalue weighted by Gasteiger charge is -2.09. The van der Waals surface area contributed by atoms with Crippen molar-refractivity contribution in [3.63, 3.8) is 0 Å². The molecule has 0 fully saturated rings. The Labute approximate surface area is 142 Å². The van der Waals surface area contributed by atoms with Crippen LogP contribution >= 0.6 is 11.3 Å². The molecule has 0 aliphatic rings. The summed E-state index contributed by atoms with van der Waals surface area (Å²) in [5, 5.41) is 24.8. The summed E-state index contributed by atoms with van der Waals surface area (Å²) >= 11 is 1.42. The maximum absolute atomic E-state index is 11.8. The average molecular weight is 344 g/mol. The van der Waals surface area contributed by atoms with Gasteiger partial charge in [-0.15, -0.1) is 10.2 Å². The molecule has 2 aromatic heterocycles. The third-order valence-electron chi connectivity index (χ3n) is 3.22. The third-order valence-corrected chi connectivity index (χ3v) is 4.19. The summed E-state index contributed by atoms with van der Waals surface area (Å²) in [6.07, 6.45) is 0.593. The number of carbonyl (C=O) groups excluding carboxylic acids is 1. The minimum Gasteiger partial charge on any atom is -0.467 e. The first kappa shape index (κ1) is 16.2. The number of carbonyl (C=O) groups is 1. The van der Waals surface area contributed by atoms with Gasteiger partial charge < -0.3 is 20.2 Å². The molecule has 0 aliphatic carbocycles. The van der Waals surface area contributed by atoms with Crippen molar-refractivity contribution < 1.29 is 14.3 Å². The maximum atomic E-state index is 11.8. The van der Waals surface area contributed by atoms with E-state index in [1.54, 1.807) is 12.1 Å². The molecule has 3 rings (SSSR count). The summed E-state index contributed by atoms with van der Waals surface area (Å²) in [5.41, 5.74) is 0.993.